The van der Waals surface area contributed by atoms with Crippen LogP contribution in [0.5, 0.6) is 0 Å². The molecule has 1 aromatic rings. The number of nitrogens with two attached hydrogens (primary N) is 1. The molecule has 1 atom stereocenters. The molecule has 0 saturated carbocycles. The Bertz CT molecular complexity index is 367. The van der Waals surface area contributed by atoms with Crippen LogP contribution in [-0.2, 0) is 11.3 Å². The summed E-state index contributed by atoms with van der Waals surface area (Å²) < 4.78 is 5.36. The molecule has 1 aromatic carbocycles. The van der Waals surface area contributed by atoms with Crippen molar-refractivity contribution >= 4 is 5.69 Å². The third-order valence-electron chi connectivity index (χ3n) is 3.07. The van der Waals surface area contributed by atoms with E-state index >= 15 is 0 Å². The number of hydrogen-bond acceptors (Lipinski definition) is 3. The first-order valence-corrected chi connectivity index (χ1v) is 7.09. The molecule has 0 aromatic heterocycles. The van der Waals surface area contributed by atoms with E-state index < -0.39 is 0 Å². The van der Waals surface area contributed by atoms with Crippen molar-refractivity contribution in [3.8, 4) is 0 Å². The molecule has 1 fully saturated rings. The first-order valence-electron chi connectivity index (χ1n) is 7.09. The van der Waals surface area contributed by atoms with Crippen LogP contribution in [0.2, 0.25) is 0 Å². The van der Waals surface area contributed by atoms with Crippen LogP contribution in [0.25, 0.3) is 0 Å². The summed E-state index contributed by atoms with van der Waals surface area (Å²) >= 11 is 0. The summed E-state index contributed by atoms with van der Waals surface area (Å²) in [6.07, 6.45) is 2.13. The molecule has 1 aliphatic rings. The molecule has 1 unspecified atom stereocenters. The molecule has 3 nitrogen and oxygen atoms in total. The van der Waals surface area contributed by atoms with Gasteiger partial charge in [-0.1, -0.05) is 32.6 Å². The van der Waals surface area contributed by atoms with Crippen molar-refractivity contribution in [2.24, 2.45) is 11.7 Å². The maximum absolute atomic E-state index is 5.56. The molecular weight excluding hydrogens is 236 g/mol. The topological polar surface area (TPSA) is 47.3 Å². The van der Waals surface area contributed by atoms with Crippen LogP contribution in [0, 0.1) is 5.92 Å². The number of ether oxygens (including phenoxy) is 1. The van der Waals surface area contributed by atoms with Gasteiger partial charge in [-0.3, -0.25) is 0 Å². The van der Waals surface area contributed by atoms with Crippen LogP contribution in [0.15, 0.2) is 36.5 Å². The monoisotopic (exact) mass is 262 g/mol. The molecule has 0 radical (unpaired) electrons. The quantitative estimate of drug-likeness (QED) is 0.853. The number of nitrogens with one attached hydrogen (secondary N) is 1. The van der Waals surface area contributed by atoms with Gasteiger partial charge >= 0.3 is 0 Å². The van der Waals surface area contributed by atoms with Gasteiger partial charge in [-0.25, -0.2) is 0 Å². The third-order valence-corrected chi connectivity index (χ3v) is 3.07. The van der Waals surface area contributed by atoms with Crippen LogP contribution >= 0.6 is 0 Å². The summed E-state index contributed by atoms with van der Waals surface area (Å²) in [7, 11) is 0. The van der Waals surface area contributed by atoms with Crippen LogP contribution in [0.3, 0.4) is 0 Å². The van der Waals surface area contributed by atoms with Gasteiger partial charge < -0.3 is 15.8 Å². The number of allylic oxidation sites excluding steroid dienone is 1. The summed E-state index contributed by atoms with van der Waals surface area (Å²) in [6.45, 7) is 10.4. The first-order chi connectivity index (χ1) is 9.28. The zero-order valence-electron chi connectivity index (χ0n) is 12.1. The van der Waals surface area contributed by atoms with E-state index in [-0.39, 0.29) is 0 Å². The summed E-state index contributed by atoms with van der Waals surface area (Å²) in [6, 6.07) is 8.15. The van der Waals surface area contributed by atoms with Crippen molar-refractivity contribution < 1.29 is 4.74 Å². The highest BCUT2D eigenvalue weighted by Gasteiger charge is 2.16. The van der Waals surface area contributed by atoms with E-state index in [2.05, 4.69) is 11.9 Å². The Balaban J connectivity index is 0.000000861. The number of benzene rings is 1. The molecule has 0 amide bonds. The minimum absolute atomic E-state index is 0.584. The molecule has 0 bridgehead atoms. The fraction of sp³-hybridized carbons (Fsp3) is 0.500. The second kappa shape index (κ2) is 8.73. The summed E-state index contributed by atoms with van der Waals surface area (Å²) in [4.78, 5) is 0. The number of rotatable bonds is 5. The molecule has 1 saturated heterocycles. The lowest BCUT2D eigenvalue weighted by atomic mass is 10.0. The van der Waals surface area contributed by atoms with E-state index in [4.69, 9.17) is 10.5 Å². The predicted octanol–water partition coefficient (Wildman–Crippen LogP) is 3.52. The molecule has 106 valence electrons. The molecular formula is C16H26N2O. The predicted molar refractivity (Wildman–Crippen MR) is 82.0 cm³/mol. The second-order valence-electron chi connectivity index (χ2n) is 4.56. The van der Waals surface area contributed by atoms with Gasteiger partial charge in [0.15, 0.2) is 0 Å². The van der Waals surface area contributed by atoms with Crippen molar-refractivity contribution in [1.29, 1.82) is 0 Å². The van der Waals surface area contributed by atoms with Gasteiger partial charge in [0.05, 0.1) is 0 Å². The second-order valence-corrected chi connectivity index (χ2v) is 4.56. The fourth-order valence-electron chi connectivity index (χ4n) is 2.07. The van der Waals surface area contributed by atoms with Gasteiger partial charge in [0, 0.05) is 31.1 Å². The SMILES string of the molecule is C=C(CC1CCOC1)Nc1ccc(CN)cc1.CC. The summed E-state index contributed by atoms with van der Waals surface area (Å²) in [5.74, 6) is 0.623. The average molecular weight is 262 g/mol. The highest BCUT2D eigenvalue weighted by atomic mass is 16.5. The molecule has 3 N–H and O–H groups in total. The van der Waals surface area contributed by atoms with E-state index in [1.807, 2.05) is 38.1 Å². The highest BCUT2D eigenvalue weighted by Crippen LogP contribution is 2.21. The Morgan fingerprint density at radius 3 is 2.58 bits per heavy atom. The smallest absolute Gasteiger partial charge is 0.0498 e. The Morgan fingerprint density at radius 1 is 1.37 bits per heavy atom. The lowest BCUT2D eigenvalue weighted by Gasteiger charge is -2.13. The van der Waals surface area contributed by atoms with Crippen molar-refractivity contribution in [2.45, 2.75) is 33.2 Å². The molecule has 1 aliphatic heterocycles. The van der Waals surface area contributed by atoms with Gasteiger partial charge in [-0.2, -0.15) is 0 Å². The van der Waals surface area contributed by atoms with Crippen molar-refractivity contribution in [3.63, 3.8) is 0 Å². The highest BCUT2D eigenvalue weighted by molar-refractivity contribution is 5.48. The molecule has 0 aliphatic carbocycles. The average Bonchev–Trinajstić information content (AvgIpc) is 2.94. The van der Waals surface area contributed by atoms with E-state index in [1.54, 1.807) is 0 Å². The molecule has 19 heavy (non-hydrogen) atoms. The lowest BCUT2D eigenvalue weighted by Crippen LogP contribution is -2.06. The Labute approximate surface area is 116 Å². The van der Waals surface area contributed by atoms with Gasteiger partial charge in [0.2, 0.25) is 0 Å². The fourth-order valence-corrected chi connectivity index (χ4v) is 2.07. The number of hydrogen-bond donors (Lipinski definition) is 2. The van der Waals surface area contributed by atoms with Crippen LogP contribution in [0.4, 0.5) is 5.69 Å². The van der Waals surface area contributed by atoms with Crippen molar-refractivity contribution in [3.05, 3.63) is 42.1 Å². The normalized spacial score (nSPS) is 17.5. The van der Waals surface area contributed by atoms with E-state index in [0.29, 0.717) is 12.5 Å². The van der Waals surface area contributed by atoms with Gasteiger partial charge in [0.25, 0.3) is 0 Å². The van der Waals surface area contributed by atoms with Crippen molar-refractivity contribution in [2.75, 3.05) is 18.5 Å². The minimum atomic E-state index is 0.584. The van der Waals surface area contributed by atoms with Crippen LogP contribution < -0.4 is 11.1 Å². The summed E-state index contributed by atoms with van der Waals surface area (Å²) in [5.41, 5.74) is 8.83. The van der Waals surface area contributed by atoms with E-state index in [9.17, 15) is 0 Å². The third kappa shape index (κ3) is 5.45. The molecule has 3 heteroatoms. The van der Waals surface area contributed by atoms with E-state index in [1.165, 1.54) is 0 Å². The van der Waals surface area contributed by atoms with Crippen LogP contribution in [0.1, 0.15) is 32.3 Å². The Hall–Kier alpha value is -1.32. The molecule has 0 spiro atoms. The van der Waals surface area contributed by atoms with Gasteiger partial charge in [-0.15, -0.1) is 0 Å². The molecule has 2 rings (SSSR count). The number of anilines is 1. The van der Waals surface area contributed by atoms with Crippen LogP contribution in [-0.4, -0.2) is 13.2 Å². The molecule has 1 heterocycles. The largest absolute Gasteiger partial charge is 0.381 e. The zero-order valence-corrected chi connectivity index (χ0v) is 12.1. The zero-order chi connectivity index (χ0) is 14.1. The lowest BCUT2D eigenvalue weighted by molar-refractivity contribution is 0.186. The van der Waals surface area contributed by atoms with Crippen molar-refractivity contribution in [1.82, 2.24) is 0 Å². The Morgan fingerprint density at radius 2 is 2.05 bits per heavy atom. The first kappa shape index (κ1) is 15.7. The Kier molecular flexibility index (Phi) is 7.23. The standard InChI is InChI=1S/C14H20N2O.C2H6/c1-11(8-13-6-7-17-10-13)16-14-4-2-12(9-15)3-5-14;1-2/h2-5,13,16H,1,6-10,15H2;1-2H3. The maximum atomic E-state index is 5.56. The minimum Gasteiger partial charge on any atom is -0.381 e. The van der Waals surface area contributed by atoms with Gasteiger partial charge in [0.1, 0.15) is 0 Å². The van der Waals surface area contributed by atoms with E-state index in [0.717, 1.165) is 43.0 Å². The van der Waals surface area contributed by atoms with Gasteiger partial charge in [-0.05, 0) is 36.5 Å². The summed E-state index contributed by atoms with van der Waals surface area (Å²) in [5, 5.41) is 3.33. The maximum Gasteiger partial charge on any atom is 0.0498 e.